The van der Waals surface area contributed by atoms with E-state index in [0.717, 1.165) is 38.5 Å². The van der Waals surface area contributed by atoms with E-state index in [4.69, 9.17) is 0 Å². The van der Waals surface area contributed by atoms with E-state index in [2.05, 4.69) is 80.7 Å². The fraction of sp³-hybridized carbons (Fsp3) is 0.543. The lowest BCUT2D eigenvalue weighted by Gasteiger charge is -2.60. The molecule has 1 N–H and O–H groups in total. The highest BCUT2D eigenvalue weighted by Gasteiger charge is 2.61. The minimum Gasteiger partial charge on any atom is -0.349 e. The number of likely N-dealkylation sites (N-methyl/N-ethyl adjacent to an activating group) is 1. The van der Waals surface area contributed by atoms with E-state index in [9.17, 15) is 9.59 Å². The zero-order valence-electron chi connectivity index (χ0n) is 24.0. The van der Waals surface area contributed by atoms with Crippen LogP contribution in [-0.2, 0) is 16.0 Å². The van der Waals surface area contributed by atoms with Gasteiger partial charge in [0.1, 0.15) is 0 Å². The summed E-state index contributed by atoms with van der Waals surface area (Å²) in [5.41, 5.74) is 3.76. The molecule has 0 bridgehead atoms. The van der Waals surface area contributed by atoms with E-state index in [-0.39, 0.29) is 34.6 Å². The van der Waals surface area contributed by atoms with Crippen LogP contribution in [0.2, 0.25) is 0 Å². The van der Waals surface area contributed by atoms with E-state index < -0.39 is 0 Å². The number of nitrogens with one attached hydrogen (secondary N) is 1. The third kappa shape index (κ3) is 4.44. The Kier molecular flexibility index (Phi) is 6.72. The van der Waals surface area contributed by atoms with Crippen molar-refractivity contribution in [2.24, 2.45) is 34.5 Å². The standard InChI is InChI=1S/C35H44N2O2/c1-23-10-12-24(13-11-23)22-30(25-8-6-5-7-9-25)36-33(39)29-16-15-27-26-14-17-31-35(3,21-19-32(38)37(31)4)28(26)18-20-34(27,29)2/h5-13,19,21,26-31H,14-18,20,22H2,1-4H3,(H,36,39)/t26-,27-,28-,29+,30-,31+,34-,35+/m0/s1. The molecular weight excluding hydrogens is 480 g/mol. The van der Waals surface area contributed by atoms with Gasteiger partial charge in [-0.2, -0.15) is 0 Å². The van der Waals surface area contributed by atoms with Crippen molar-refractivity contribution in [1.29, 1.82) is 0 Å². The van der Waals surface area contributed by atoms with E-state index >= 15 is 0 Å². The molecule has 0 unspecified atom stereocenters. The Bertz CT molecular complexity index is 1250. The molecule has 4 heteroatoms. The molecule has 4 nitrogen and oxygen atoms in total. The van der Waals surface area contributed by atoms with Crippen LogP contribution in [0.4, 0.5) is 0 Å². The number of carbonyl (C=O) groups excluding carboxylic acids is 2. The first kappa shape index (κ1) is 26.3. The summed E-state index contributed by atoms with van der Waals surface area (Å²) in [5, 5.41) is 3.54. The van der Waals surface area contributed by atoms with E-state index in [1.54, 1.807) is 0 Å². The van der Waals surface area contributed by atoms with Gasteiger partial charge in [-0.25, -0.2) is 0 Å². The number of nitrogens with zero attached hydrogens (tertiary/aromatic N) is 1. The molecular formula is C35H44N2O2. The topological polar surface area (TPSA) is 49.4 Å². The van der Waals surface area contributed by atoms with Gasteiger partial charge >= 0.3 is 0 Å². The molecule has 39 heavy (non-hydrogen) atoms. The largest absolute Gasteiger partial charge is 0.349 e. The molecule has 3 fully saturated rings. The lowest BCUT2D eigenvalue weighted by atomic mass is 9.47. The number of hydrogen-bond donors (Lipinski definition) is 1. The van der Waals surface area contributed by atoms with Crippen LogP contribution in [0.15, 0.2) is 66.7 Å². The van der Waals surface area contributed by atoms with Crippen molar-refractivity contribution < 1.29 is 9.59 Å². The van der Waals surface area contributed by atoms with E-state index in [1.807, 2.05) is 24.1 Å². The quantitative estimate of drug-likeness (QED) is 0.476. The molecule has 8 atom stereocenters. The first-order valence-corrected chi connectivity index (χ1v) is 15.1. The summed E-state index contributed by atoms with van der Waals surface area (Å²) < 4.78 is 0. The highest BCUT2D eigenvalue weighted by Crippen LogP contribution is 2.65. The maximum Gasteiger partial charge on any atom is 0.246 e. The Hall–Kier alpha value is -2.88. The summed E-state index contributed by atoms with van der Waals surface area (Å²) in [6.45, 7) is 6.93. The molecule has 0 spiro atoms. The van der Waals surface area contributed by atoms with Crippen LogP contribution in [-0.4, -0.2) is 29.8 Å². The van der Waals surface area contributed by atoms with Crippen molar-refractivity contribution in [2.75, 3.05) is 7.05 Å². The molecule has 3 aliphatic carbocycles. The molecule has 206 valence electrons. The van der Waals surface area contributed by atoms with Crippen molar-refractivity contribution in [3.05, 3.63) is 83.4 Å². The van der Waals surface area contributed by atoms with Gasteiger partial charge in [0, 0.05) is 24.4 Å². The molecule has 0 saturated heterocycles. The summed E-state index contributed by atoms with van der Waals surface area (Å²) in [6, 6.07) is 19.4. The lowest BCUT2D eigenvalue weighted by molar-refractivity contribution is -0.142. The highest BCUT2D eigenvalue weighted by atomic mass is 16.2. The number of aryl methyl sites for hydroxylation is 1. The van der Waals surface area contributed by atoms with Gasteiger partial charge in [0.2, 0.25) is 11.8 Å². The highest BCUT2D eigenvalue weighted by molar-refractivity contribution is 5.89. The third-order valence-electron chi connectivity index (χ3n) is 11.5. The summed E-state index contributed by atoms with van der Waals surface area (Å²) >= 11 is 0. The fourth-order valence-electron chi connectivity index (χ4n) is 9.34. The van der Waals surface area contributed by atoms with Crippen LogP contribution < -0.4 is 5.32 Å². The van der Waals surface area contributed by atoms with Crippen LogP contribution in [0.1, 0.15) is 75.1 Å². The average molecular weight is 525 g/mol. The zero-order chi connectivity index (χ0) is 27.4. The van der Waals surface area contributed by atoms with E-state index in [0.29, 0.717) is 23.8 Å². The molecule has 0 radical (unpaired) electrons. The van der Waals surface area contributed by atoms with Crippen LogP contribution >= 0.6 is 0 Å². The molecule has 1 aliphatic heterocycles. The Morgan fingerprint density at radius 2 is 1.72 bits per heavy atom. The number of carbonyl (C=O) groups is 2. The maximum atomic E-state index is 14.1. The SMILES string of the molecule is Cc1ccc(C[C@H](NC(=O)[C@H]2CC[C@H]3[C@@H]4CC[C@H]5N(C)C(=O)C=C[C@]5(C)[C@H]4CC[C@]23C)c2ccccc2)cc1. The molecule has 2 aromatic carbocycles. The molecule has 6 rings (SSSR count). The predicted octanol–water partition coefficient (Wildman–Crippen LogP) is 6.65. The van der Waals surface area contributed by atoms with Crippen molar-refractivity contribution in [3.8, 4) is 0 Å². The maximum absolute atomic E-state index is 14.1. The van der Waals surface area contributed by atoms with Crippen molar-refractivity contribution >= 4 is 11.8 Å². The first-order valence-electron chi connectivity index (χ1n) is 15.1. The molecule has 0 aromatic heterocycles. The normalized spacial score (nSPS) is 36.1. The number of rotatable bonds is 5. The molecule has 2 aromatic rings. The fourth-order valence-corrected chi connectivity index (χ4v) is 9.34. The van der Waals surface area contributed by atoms with Gasteiger partial charge in [0.15, 0.2) is 0 Å². The summed E-state index contributed by atoms with van der Waals surface area (Å²) in [4.78, 5) is 28.5. The monoisotopic (exact) mass is 524 g/mol. The van der Waals surface area contributed by atoms with Crippen LogP contribution in [0.25, 0.3) is 0 Å². The first-order chi connectivity index (χ1) is 18.7. The summed E-state index contributed by atoms with van der Waals surface area (Å²) in [5.74, 6) is 2.24. The predicted molar refractivity (Wildman–Crippen MR) is 156 cm³/mol. The average Bonchev–Trinajstić information content (AvgIpc) is 3.30. The van der Waals surface area contributed by atoms with Crippen molar-refractivity contribution in [1.82, 2.24) is 10.2 Å². The smallest absolute Gasteiger partial charge is 0.246 e. The second kappa shape index (κ2) is 9.94. The summed E-state index contributed by atoms with van der Waals surface area (Å²) in [7, 11) is 1.98. The molecule has 2 amide bonds. The second-order valence-electron chi connectivity index (χ2n) is 13.5. The Morgan fingerprint density at radius 3 is 2.46 bits per heavy atom. The number of fused-ring (bicyclic) bond motifs is 5. The lowest BCUT2D eigenvalue weighted by Crippen LogP contribution is -2.60. The van der Waals surface area contributed by atoms with Crippen LogP contribution in [0.5, 0.6) is 0 Å². The number of benzene rings is 2. The van der Waals surface area contributed by atoms with Crippen molar-refractivity contribution in [3.63, 3.8) is 0 Å². The van der Waals surface area contributed by atoms with Gasteiger partial charge in [0.05, 0.1) is 6.04 Å². The van der Waals surface area contributed by atoms with Crippen LogP contribution in [0.3, 0.4) is 0 Å². The van der Waals surface area contributed by atoms with Crippen molar-refractivity contribution in [2.45, 2.75) is 77.8 Å². The van der Waals surface area contributed by atoms with Crippen LogP contribution in [0, 0.1) is 41.4 Å². The Labute approximate surface area is 234 Å². The van der Waals surface area contributed by atoms with Gasteiger partial charge in [0.25, 0.3) is 0 Å². The minimum atomic E-state index is -0.0322. The van der Waals surface area contributed by atoms with Gasteiger partial charge in [-0.15, -0.1) is 0 Å². The van der Waals surface area contributed by atoms with E-state index in [1.165, 1.54) is 23.1 Å². The minimum absolute atomic E-state index is 0.0322. The molecule has 4 aliphatic rings. The number of amides is 2. The third-order valence-corrected chi connectivity index (χ3v) is 11.5. The summed E-state index contributed by atoms with van der Waals surface area (Å²) in [6.07, 6.45) is 11.5. The van der Waals surface area contributed by atoms with Gasteiger partial charge in [-0.3, -0.25) is 9.59 Å². The number of hydrogen-bond acceptors (Lipinski definition) is 2. The Balaban J connectivity index is 1.22. The molecule has 1 heterocycles. The molecule has 3 saturated carbocycles. The zero-order valence-corrected chi connectivity index (χ0v) is 24.0. The Morgan fingerprint density at radius 1 is 0.974 bits per heavy atom. The van der Waals surface area contributed by atoms with Gasteiger partial charge in [-0.05, 0) is 92.2 Å². The van der Waals surface area contributed by atoms with Gasteiger partial charge < -0.3 is 10.2 Å². The second-order valence-corrected chi connectivity index (χ2v) is 13.5. The van der Waals surface area contributed by atoms with Gasteiger partial charge in [-0.1, -0.05) is 80.1 Å².